The Balaban J connectivity index is 1.02. The van der Waals surface area contributed by atoms with Gasteiger partial charge in [0, 0.05) is 21.5 Å². The van der Waals surface area contributed by atoms with E-state index in [1.807, 2.05) is 0 Å². The highest BCUT2D eigenvalue weighted by atomic mass is 16.3. The zero-order valence-corrected chi connectivity index (χ0v) is 29.1. The van der Waals surface area contributed by atoms with Gasteiger partial charge in [0.1, 0.15) is 22.3 Å². The van der Waals surface area contributed by atoms with E-state index in [4.69, 9.17) is 8.83 Å². The molecule has 2 heteroatoms. The second-order valence-corrected chi connectivity index (χ2v) is 14.4. The van der Waals surface area contributed by atoms with Crippen LogP contribution in [0.2, 0.25) is 0 Å². The number of benzene rings is 10. The van der Waals surface area contributed by atoms with Gasteiger partial charge in [-0.2, -0.15) is 0 Å². The fraction of sp³-hybridized carbons (Fsp3) is 0. The maximum Gasteiger partial charge on any atom is 0.136 e. The van der Waals surface area contributed by atoms with Crippen molar-refractivity contribution in [3.63, 3.8) is 0 Å². The molecule has 0 fully saturated rings. The summed E-state index contributed by atoms with van der Waals surface area (Å²) in [6.07, 6.45) is 0. The lowest BCUT2D eigenvalue weighted by atomic mass is 9.86. The van der Waals surface area contributed by atoms with Crippen molar-refractivity contribution in [2.24, 2.45) is 0 Å². The van der Waals surface area contributed by atoms with Gasteiger partial charge in [-0.1, -0.05) is 133 Å². The predicted octanol–water partition coefficient (Wildman–Crippen LogP) is 15.1. The van der Waals surface area contributed by atoms with E-state index >= 15 is 0 Å². The summed E-state index contributed by atoms with van der Waals surface area (Å²) in [6.45, 7) is 0. The van der Waals surface area contributed by atoms with Crippen LogP contribution in [-0.4, -0.2) is 0 Å². The Kier molecular flexibility index (Phi) is 6.09. The van der Waals surface area contributed by atoms with Gasteiger partial charge >= 0.3 is 0 Å². The van der Waals surface area contributed by atoms with Crippen LogP contribution in [0.5, 0.6) is 0 Å². The molecule has 12 rings (SSSR count). The molecule has 0 amide bonds. The van der Waals surface area contributed by atoms with Crippen LogP contribution in [0.3, 0.4) is 0 Å². The third-order valence-electron chi connectivity index (χ3n) is 11.4. The first-order valence-corrected chi connectivity index (χ1v) is 18.5. The van der Waals surface area contributed by atoms with E-state index in [1.165, 1.54) is 60.0 Å². The fourth-order valence-corrected chi connectivity index (χ4v) is 8.94. The number of hydrogen-bond acceptors (Lipinski definition) is 2. The average molecular weight is 687 g/mol. The molecule has 0 aliphatic rings. The minimum atomic E-state index is 0.877. The van der Waals surface area contributed by atoms with Crippen molar-refractivity contribution in [2.75, 3.05) is 0 Å². The van der Waals surface area contributed by atoms with Gasteiger partial charge in [0.05, 0.1) is 0 Å². The Hall–Kier alpha value is -7.16. The molecular weight excluding hydrogens is 657 g/mol. The highest BCUT2D eigenvalue weighted by Crippen LogP contribution is 2.45. The summed E-state index contributed by atoms with van der Waals surface area (Å²) in [5.41, 5.74) is 10.8. The molecule has 12 aromatic rings. The molecule has 0 aliphatic carbocycles. The lowest BCUT2D eigenvalue weighted by Crippen LogP contribution is -1.90. The van der Waals surface area contributed by atoms with E-state index in [9.17, 15) is 0 Å². The zero-order valence-electron chi connectivity index (χ0n) is 29.1. The van der Waals surface area contributed by atoms with E-state index < -0.39 is 0 Å². The monoisotopic (exact) mass is 686 g/mol. The first kappa shape index (κ1) is 29.4. The molecule has 0 saturated heterocycles. The average Bonchev–Trinajstić information content (AvgIpc) is 3.77. The predicted molar refractivity (Wildman–Crippen MR) is 227 cm³/mol. The van der Waals surface area contributed by atoms with E-state index in [2.05, 4.69) is 182 Å². The van der Waals surface area contributed by atoms with Gasteiger partial charge in [0.15, 0.2) is 0 Å². The van der Waals surface area contributed by atoms with Crippen LogP contribution in [-0.2, 0) is 0 Å². The van der Waals surface area contributed by atoms with Gasteiger partial charge in [-0.15, -0.1) is 0 Å². The first-order valence-electron chi connectivity index (χ1n) is 18.5. The number of fused-ring (bicyclic) bond motifs is 10. The van der Waals surface area contributed by atoms with Gasteiger partial charge in [0.25, 0.3) is 0 Å². The molecule has 2 nitrogen and oxygen atoms in total. The van der Waals surface area contributed by atoms with Crippen molar-refractivity contribution in [3.05, 3.63) is 182 Å². The molecule has 54 heavy (non-hydrogen) atoms. The van der Waals surface area contributed by atoms with Crippen LogP contribution in [0.4, 0.5) is 0 Å². The van der Waals surface area contributed by atoms with Crippen LogP contribution in [0.1, 0.15) is 0 Å². The van der Waals surface area contributed by atoms with Crippen molar-refractivity contribution < 1.29 is 8.83 Å². The van der Waals surface area contributed by atoms with Gasteiger partial charge in [0.2, 0.25) is 0 Å². The first-order chi connectivity index (χ1) is 26.7. The van der Waals surface area contributed by atoms with Crippen molar-refractivity contribution in [3.8, 4) is 33.4 Å². The summed E-state index contributed by atoms with van der Waals surface area (Å²) in [5.74, 6) is 0. The minimum Gasteiger partial charge on any atom is -0.456 e. The molecule has 0 unspecified atom stereocenters. The van der Waals surface area contributed by atoms with E-state index in [1.54, 1.807) is 0 Å². The SMILES string of the molecule is c1ccc(-c2c3ccccc3c(-c3ccc4oc5cc(-c6cccc7cc8c(cc67)oc6cc7ccccc7cc68)ccc5c4c3)c3ccccc23)cc1. The number of hydrogen-bond donors (Lipinski definition) is 0. The molecule has 0 spiro atoms. The smallest absolute Gasteiger partial charge is 0.136 e. The van der Waals surface area contributed by atoms with Crippen LogP contribution >= 0.6 is 0 Å². The molecular formula is C52H30O2. The van der Waals surface area contributed by atoms with Gasteiger partial charge in [-0.25, -0.2) is 0 Å². The Morgan fingerprint density at radius 1 is 0.241 bits per heavy atom. The summed E-state index contributed by atoms with van der Waals surface area (Å²) >= 11 is 0. The van der Waals surface area contributed by atoms with Gasteiger partial charge in [-0.3, -0.25) is 0 Å². The zero-order chi connectivity index (χ0) is 35.3. The molecule has 2 aromatic heterocycles. The lowest BCUT2D eigenvalue weighted by molar-refractivity contribution is 0.669. The molecule has 250 valence electrons. The third-order valence-corrected chi connectivity index (χ3v) is 11.4. The molecule has 0 saturated carbocycles. The summed E-state index contributed by atoms with van der Waals surface area (Å²) in [4.78, 5) is 0. The quantitative estimate of drug-likeness (QED) is 0.173. The van der Waals surface area contributed by atoms with E-state index in [0.29, 0.717) is 0 Å². The standard InChI is InChI=1S/C52H30O2/c1-2-11-31(12-3-1)51-39-16-6-8-18-41(39)52(42-19-9-7-17-40(42)51)36-22-24-47-44(27-36)38-23-21-35(29-48(38)53-47)37-20-10-15-34-26-46-45-25-32-13-4-5-14-33(32)28-49(45)54-50(46)30-43(34)37/h1-30H. The van der Waals surface area contributed by atoms with Crippen molar-refractivity contribution >= 4 is 87.0 Å². The molecule has 0 radical (unpaired) electrons. The molecule has 0 atom stereocenters. The summed E-state index contributed by atoms with van der Waals surface area (Å²) in [5, 5.41) is 14.2. The van der Waals surface area contributed by atoms with Crippen LogP contribution in [0.15, 0.2) is 191 Å². The van der Waals surface area contributed by atoms with Crippen molar-refractivity contribution in [1.29, 1.82) is 0 Å². The summed E-state index contributed by atoms with van der Waals surface area (Å²) in [7, 11) is 0. The summed E-state index contributed by atoms with van der Waals surface area (Å²) < 4.78 is 13.1. The maximum absolute atomic E-state index is 6.60. The fourth-order valence-electron chi connectivity index (χ4n) is 8.94. The van der Waals surface area contributed by atoms with E-state index in [0.717, 1.165) is 60.4 Å². The number of rotatable bonds is 3. The highest BCUT2D eigenvalue weighted by Gasteiger charge is 2.19. The second-order valence-electron chi connectivity index (χ2n) is 14.4. The van der Waals surface area contributed by atoms with Crippen molar-refractivity contribution in [2.45, 2.75) is 0 Å². The molecule has 0 N–H and O–H groups in total. The second kappa shape index (κ2) is 11.2. The van der Waals surface area contributed by atoms with Gasteiger partial charge < -0.3 is 8.83 Å². The normalized spacial score (nSPS) is 12.1. The number of furan rings is 2. The van der Waals surface area contributed by atoms with Gasteiger partial charge in [-0.05, 0) is 125 Å². The Bertz CT molecular complexity index is 3430. The molecule has 2 heterocycles. The third kappa shape index (κ3) is 4.28. The topological polar surface area (TPSA) is 26.3 Å². The summed E-state index contributed by atoms with van der Waals surface area (Å²) in [6, 6.07) is 65.6. The molecule has 0 aliphatic heterocycles. The van der Waals surface area contributed by atoms with Crippen LogP contribution < -0.4 is 0 Å². The van der Waals surface area contributed by atoms with Crippen LogP contribution in [0, 0.1) is 0 Å². The maximum atomic E-state index is 6.60. The largest absolute Gasteiger partial charge is 0.456 e. The molecule has 10 aromatic carbocycles. The lowest BCUT2D eigenvalue weighted by Gasteiger charge is -2.17. The minimum absolute atomic E-state index is 0.877. The Morgan fingerprint density at radius 2 is 0.778 bits per heavy atom. The highest BCUT2D eigenvalue weighted by molar-refractivity contribution is 6.22. The van der Waals surface area contributed by atoms with Crippen LogP contribution in [0.25, 0.3) is 120 Å². The van der Waals surface area contributed by atoms with E-state index in [-0.39, 0.29) is 0 Å². The van der Waals surface area contributed by atoms with Crippen molar-refractivity contribution in [1.82, 2.24) is 0 Å². The Labute approximate surface area is 310 Å². The molecule has 0 bridgehead atoms. The Morgan fingerprint density at radius 3 is 1.52 bits per heavy atom.